The van der Waals surface area contributed by atoms with Gasteiger partial charge in [-0.15, -0.1) is 0 Å². The van der Waals surface area contributed by atoms with Gasteiger partial charge in [-0.05, 0) is 51.2 Å². The molecule has 1 aromatic rings. The van der Waals surface area contributed by atoms with Crippen LogP contribution in [0.3, 0.4) is 0 Å². The van der Waals surface area contributed by atoms with Crippen molar-refractivity contribution in [2.75, 3.05) is 0 Å². The molecule has 24 heavy (non-hydrogen) atoms. The number of hydrogen-bond donors (Lipinski definition) is 0. The first kappa shape index (κ1) is 15.6. The molecular weight excluding hydrogens is 298 g/mol. The number of allylic oxidation sites excluding steroid dienone is 4. The summed E-state index contributed by atoms with van der Waals surface area (Å²) in [4.78, 5) is 18.0. The monoisotopic (exact) mass is 324 g/mol. The molecule has 0 spiro atoms. The molecule has 4 rings (SSSR count). The first-order chi connectivity index (χ1) is 11.7. The minimum atomic E-state index is -0.0274. The van der Waals surface area contributed by atoms with Gasteiger partial charge in [-0.3, -0.25) is 4.79 Å². The number of hydrogen-bond acceptors (Lipinski definition) is 2. The molecule has 4 nitrogen and oxygen atoms in total. The van der Waals surface area contributed by atoms with Crippen LogP contribution in [-0.2, 0) is 6.42 Å². The van der Waals surface area contributed by atoms with E-state index >= 15 is 0 Å². The predicted octanol–water partition coefficient (Wildman–Crippen LogP) is 3.66. The lowest BCUT2D eigenvalue weighted by atomic mass is 10.1. The maximum atomic E-state index is 13.1. The average Bonchev–Trinajstić information content (AvgIpc) is 2.76. The largest absolute Gasteiger partial charge is 0.403 e. The third kappa shape index (κ3) is 2.31. The average molecular weight is 324 g/mol. The minimum Gasteiger partial charge on any atom is -0.250 e. The smallest absolute Gasteiger partial charge is 0.250 e. The van der Waals surface area contributed by atoms with Gasteiger partial charge in [-0.2, -0.15) is 4.57 Å². The van der Waals surface area contributed by atoms with E-state index in [1.54, 1.807) is 0 Å². The van der Waals surface area contributed by atoms with Gasteiger partial charge in [0.05, 0.1) is 17.3 Å². The fourth-order valence-electron chi connectivity index (χ4n) is 4.48. The Labute approximate surface area is 143 Å². The Balaban J connectivity index is 1.95. The van der Waals surface area contributed by atoms with Crippen molar-refractivity contribution in [2.45, 2.75) is 70.9 Å². The van der Waals surface area contributed by atoms with Crippen LogP contribution in [0.5, 0.6) is 0 Å². The molecule has 3 aliphatic rings. The topological polar surface area (TPSA) is 38.2 Å². The van der Waals surface area contributed by atoms with Crippen molar-refractivity contribution in [3.63, 3.8) is 0 Å². The van der Waals surface area contributed by atoms with E-state index in [1.807, 2.05) is 22.8 Å². The van der Waals surface area contributed by atoms with E-state index in [9.17, 15) is 4.79 Å². The van der Waals surface area contributed by atoms with Crippen LogP contribution in [0.25, 0.3) is 0 Å². The molecule has 1 unspecified atom stereocenters. The lowest BCUT2D eigenvalue weighted by molar-refractivity contribution is -0.721. The van der Waals surface area contributed by atoms with Gasteiger partial charge in [0, 0.05) is 0 Å². The van der Waals surface area contributed by atoms with Gasteiger partial charge in [0.15, 0.2) is 11.8 Å². The Kier molecular flexibility index (Phi) is 3.99. The standard InChI is InChI=1S/C20H26N3O/c1-3-16-14(2)22(15-10-6-4-5-7-11-15)20-21-17-12-8-9-13-18(17)23(20)19(16)24/h8-9,12-13,15,18H,3-7,10-11H2,1-2H3/q+1. The van der Waals surface area contributed by atoms with Crippen LogP contribution in [0.1, 0.15) is 68.8 Å². The molecule has 0 saturated heterocycles. The molecule has 1 atom stereocenters. The molecule has 0 radical (unpaired) electrons. The first-order valence-electron chi connectivity index (χ1n) is 9.35. The van der Waals surface area contributed by atoms with Crippen LogP contribution < -0.4 is 10.1 Å². The predicted molar refractivity (Wildman–Crippen MR) is 96.2 cm³/mol. The number of aromatic nitrogens is 2. The Morgan fingerprint density at radius 1 is 1.21 bits per heavy atom. The summed E-state index contributed by atoms with van der Waals surface area (Å²) >= 11 is 0. The molecule has 2 heterocycles. The summed E-state index contributed by atoms with van der Waals surface area (Å²) in [5, 5.41) is 0. The summed E-state index contributed by atoms with van der Waals surface area (Å²) in [6, 6.07) is 0.442. The Morgan fingerprint density at radius 3 is 2.67 bits per heavy atom. The fraction of sp³-hybridized carbons (Fsp3) is 0.550. The van der Waals surface area contributed by atoms with E-state index in [0.29, 0.717) is 6.04 Å². The molecule has 0 N–H and O–H groups in total. The molecule has 0 amide bonds. The van der Waals surface area contributed by atoms with E-state index < -0.39 is 0 Å². The second-order valence-corrected chi connectivity index (χ2v) is 7.13. The summed E-state index contributed by atoms with van der Waals surface area (Å²) in [5.41, 5.74) is 3.20. The SMILES string of the molecule is CCc1c(C)[n+](C2CCCCCC2)c2n(c1=O)C1C=CC=CC1=N2. The van der Waals surface area contributed by atoms with E-state index in [4.69, 9.17) is 4.99 Å². The Morgan fingerprint density at radius 2 is 1.96 bits per heavy atom. The quantitative estimate of drug-likeness (QED) is 0.604. The molecular formula is C20H26N3O+. The normalized spacial score (nSPS) is 22.9. The highest BCUT2D eigenvalue weighted by Gasteiger charge is 2.39. The number of rotatable bonds is 2. The van der Waals surface area contributed by atoms with Gasteiger partial charge in [-0.25, -0.2) is 4.57 Å². The van der Waals surface area contributed by atoms with Gasteiger partial charge in [0.1, 0.15) is 0 Å². The van der Waals surface area contributed by atoms with Crippen LogP contribution in [0.4, 0.5) is 5.95 Å². The van der Waals surface area contributed by atoms with Gasteiger partial charge in [0.2, 0.25) is 0 Å². The maximum Gasteiger partial charge on any atom is 0.403 e. The third-order valence-corrected chi connectivity index (χ3v) is 5.73. The van der Waals surface area contributed by atoms with E-state index in [1.165, 1.54) is 38.5 Å². The number of fused-ring (bicyclic) bond motifs is 3. The summed E-state index contributed by atoms with van der Waals surface area (Å²) in [6.45, 7) is 4.20. The molecule has 2 aliphatic carbocycles. The number of nitrogens with zero attached hydrogens (tertiary/aromatic N) is 3. The second-order valence-electron chi connectivity index (χ2n) is 7.13. The third-order valence-electron chi connectivity index (χ3n) is 5.73. The van der Waals surface area contributed by atoms with Crippen molar-refractivity contribution in [1.82, 2.24) is 4.57 Å². The molecule has 1 saturated carbocycles. The van der Waals surface area contributed by atoms with Crippen molar-refractivity contribution >= 4 is 11.7 Å². The zero-order valence-electron chi connectivity index (χ0n) is 14.7. The van der Waals surface area contributed by atoms with Crippen molar-refractivity contribution in [3.8, 4) is 0 Å². The summed E-state index contributed by atoms with van der Waals surface area (Å²) in [7, 11) is 0. The lowest BCUT2D eigenvalue weighted by Gasteiger charge is -2.20. The van der Waals surface area contributed by atoms with Crippen molar-refractivity contribution in [1.29, 1.82) is 0 Å². The molecule has 1 fully saturated rings. The van der Waals surface area contributed by atoms with Crippen LogP contribution in [-0.4, -0.2) is 10.3 Å². The maximum absolute atomic E-state index is 13.1. The number of aliphatic imine (C=N–C) groups is 1. The van der Waals surface area contributed by atoms with E-state index in [0.717, 1.165) is 29.3 Å². The molecule has 0 aromatic carbocycles. The molecule has 1 aliphatic heterocycles. The summed E-state index contributed by atoms with van der Waals surface area (Å²) in [5.74, 6) is 0.859. The molecule has 0 bridgehead atoms. The summed E-state index contributed by atoms with van der Waals surface area (Å²) < 4.78 is 4.31. The Hall–Kier alpha value is -1.97. The molecule has 126 valence electrons. The van der Waals surface area contributed by atoms with Crippen molar-refractivity contribution in [2.24, 2.45) is 4.99 Å². The fourth-order valence-corrected chi connectivity index (χ4v) is 4.48. The highest BCUT2D eigenvalue weighted by atomic mass is 16.1. The highest BCUT2D eigenvalue weighted by molar-refractivity contribution is 6.03. The van der Waals surface area contributed by atoms with E-state index in [2.05, 4.69) is 24.5 Å². The van der Waals surface area contributed by atoms with Crippen molar-refractivity contribution < 1.29 is 4.57 Å². The van der Waals surface area contributed by atoms with Gasteiger partial charge < -0.3 is 0 Å². The highest BCUT2D eigenvalue weighted by Crippen LogP contribution is 2.31. The minimum absolute atomic E-state index is 0.0274. The molecule has 1 aromatic heterocycles. The zero-order valence-corrected chi connectivity index (χ0v) is 14.7. The van der Waals surface area contributed by atoms with Crippen LogP contribution in [0.15, 0.2) is 34.1 Å². The van der Waals surface area contributed by atoms with Gasteiger partial charge in [0.25, 0.3) is 0 Å². The van der Waals surface area contributed by atoms with Crippen molar-refractivity contribution in [3.05, 3.63) is 45.9 Å². The summed E-state index contributed by atoms with van der Waals surface area (Å²) in [6.07, 6.45) is 16.5. The van der Waals surface area contributed by atoms with Gasteiger partial charge >= 0.3 is 11.5 Å². The van der Waals surface area contributed by atoms with Gasteiger partial charge in [-0.1, -0.05) is 36.9 Å². The second kappa shape index (κ2) is 6.15. The van der Waals surface area contributed by atoms with Crippen LogP contribution >= 0.6 is 0 Å². The van der Waals surface area contributed by atoms with E-state index in [-0.39, 0.29) is 11.6 Å². The first-order valence-corrected chi connectivity index (χ1v) is 9.35. The molecule has 4 heteroatoms. The lowest BCUT2D eigenvalue weighted by Crippen LogP contribution is -2.48. The van der Waals surface area contributed by atoms with Crippen LogP contribution in [0.2, 0.25) is 0 Å². The zero-order chi connectivity index (χ0) is 16.7. The van der Waals surface area contributed by atoms with Crippen LogP contribution in [0, 0.1) is 6.92 Å². The Bertz CT molecular complexity index is 805.